The van der Waals surface area contributed by atoms with Crippen LogP contribution in [0.3, 0.4) is 0 Å². The monoisotopic (exact) mass is 413 g/mol. The van der Waals surface area contributed by atoms with Crippen LogP contribution < -0.4 is 10.2 Å². The SMILES string of the molecule is O=C(Nc1ccccc1CN1CCOCC1)C1CC(=O)N(c2cccc(Cl)c2)C1. The lowest BCUT2D eigenvalue weighted by molar-refractivity contribution is -0.122. The van der Waals surface area contributed by atoms with Gasteiger partial charge in [0.05, 0.1) is 19.1 Å². The Morgan fingerprint density at radius 2 is 1.93 bits per heavy atom. The molecule has 0 radical (unpaired) electrons. The fourth-order valence-electron chi connectivity index (χ4n) is 3.79. The zero-order valence-electron chi connectivity index (χ0n) is 16.1. The third-order valence-corrected chi connectivity index (χ3v) is 5.62. The van der Waals surface area contributed by atoms with Gasteiger partial charge < -0.3 is 15.0 Å². The Hall–Kier alpha value is -2.41. The molecule has 2 amide bonds. The number of nitrogens with one attached hydrogen (secondary N) is 1. The van der Waals surface area contributed by atoms with Crippen molar-refractivity contribution >= 4 is 34.8 Å². The predicted octanol–water partition coefficient (Wildman–Crippen LogP) is 3.16. The fourth-order valence-corrected chi connectivity index (χ4v) is 3.98. The summed E-state index contributed by atoms with van der Waals surface area (Å²) in [6, 6.07) is 15.0. The van der Waals surface area contributed by atoms with E-state index in [1.807, 2.05) is 30.3 Å². The first-order chi connectivity index (χ1) is 14.1. The molecule has 2 heterocycles. The minimum Gasteiger partial charge on any atom is -0.379 e. The highest BCUT2D eigenvalue weighted by Gasteiger charge is 2.35. The van der Waals surface area contributed by atoms with Crippen molar-refractivity contribution in [2.24, 2.45) is 5.92 Å². The number of amides is 2. The van der Waals surface area contributed by atoms with Crippen LogP contribution in [0.5, 0.6) is 0 Å². The Labute approximate surface area is 175 Å². The number of anilines is 2. The number of morpholine rings is 1. The molecule has 2 aromatic carbocycles. The van der Waals surface area contributed by atoms with Gasteiger partial charge in [-0.2, -0.15) is 0 Å². The van der Waals surface area contributed by atoms with E-state index in [1.165, 1.54) is 0 Å². The summed E-state index contributed by atoms with van der Waals surface area (Å²) in [5.41, 5.74) is 2.60. The third kappa shape index (κ3) is 4.78. The van der Waals surface area contributed by atoms with E-state index in [4.69, 9.17) is 16.3 Å². The molecule has 0 saturated carbocycles. The number of para-hydroxylation sites is 1. The normalized spacial score (nSPS) is 20.1. The highest BCUT2D eigenvalue weighted by molar-refractivity contribution is 6.31. The maximum Gasteiger partial charge on any atom is 0.229 e. The van der Waals surface area contributed by atoms with Crippen LogP contribution in [0.4, 0.5) is 11.4 Å². The highest BCUT2D eigenvalue weighted by Crippen LogP contribution is 2.28. The fraction of sp³-hybridized carbons (Fsp3) is 0.364. The number of benzene rings is 2. The van der Waals surface area contributed by atoms with Gasteiger partial charge in [-0.25, -0.2) is 0 Å². The van der Waals surface area contributed by atoms with E-state index in [2.05, 4.69) is 10.2 Å². The molecule has 7 heteroatoms. The number of halogens is 1. The maximum absolute atomic E-state index is 12.9. The molecule has 29 heavy (non-hydrogen) atoms. The molecule has 2 saturated heterocycles. The summed E-state index contributed by atoms with van der Waals surface area (Å²) in [7, 11) is 0. The molecule has 0 aliphatic carbocycles. The van der Waals surface area contributed by atoms with Crippen molar-refractivity contribution in [1.82, 2.24) is 4.90 Å². The van der Waals surface area contributed by atoms with Gasteiger partial charge in [-0.1, -0.05) is 35.9 Å². The lowest BCUT2D eigenvalue weighted by atomic mass is 10.1. The van der Waals surface area contributed by atoms with Crippen molar-refractivity contribution in [2.75, 3.05) is 43.1 Å². The van der Waals surface area contributed by atoms with Crippen LogP contribution >= 0.6 is 11.6 Å². The summed E-state index contributed by atoms with van der Waals surface area (Å²) in [5, 5.41) is 3.61. The van der Waals surface area contributed by atoms with E-state index < -0.39 is 5.92 Å². The van der Waals surface area contributed by atoms with Crippen LogP contribution in [0.25, 0.3) is 0 Å². The molecular weight excluding hydrogens is 390 g/mol. The number of ether oxygens (including phenoxy) is 1. The van der Waals surface area contributed by atoms with Gasteiger partial charge >= 0.3 is 0 Å². The third-order valence-electron chi connectivity index (χ3n) is 5.39. The molecule has 0 spiro atoms. The summed E-state index contributed by atoms with van der Waals surface area (Å²) in [6.45, 7) is 4.35. The largest absolute Gasteiger partial charge is 0.379 e. The molecule has 4 rings (SSSR count). The van der Waals surface area contributed by atoms with Gasteiger partial charge in [0.2, 0.25) is 11.8 Å². The van der Waals surface area contributed by atoms with Crippen molar-refractivity contribution in [2.45, 2.75) is 13.0 Å². The van der Waals surface area contributed by atoms with Crippen molar-refractivity contribution < 1.29 is 14.3 Å². The summed E-state index contributed by atoms with van der Waals surface area (Å²) in [6.07, 6.45) is 0.198. The van der Waals surface area contributed by atoms with Gasteiger partial charge in [0.1, 0.15) is 0 Å². The minimum absolute atomic E-state index is 0.0611. The average molecular weight is 414 g/mol. The van der Waals surface area contributed by atoms with Gasteiger partial charge in [0.15, 0.2) is 0 Å². The van der Waals surface area contributed by atoms with Gasteiger partial charge in [0.25, 0.3) is 0 Å². The number of carbonyl (C=O) groups excluding carboxylic acids is 2. The molecule has 2 aromatic rings. The van der Waals surface area contributed by atoms with Crippen LogP contribution in [0.2, 0.25) is 5.02 Å². The van der Waals surface area contributed by atoms with Crippen LogP contribution in [-0.4, -0.2) is 49.6 Å². The lowest BCUT2D eigenvalue weighted by Gasteiger charge is -2.27. The molecule has 1 unspecified atom stereocenters. The van der Waals surface area contributed by atoms with E-state index in [9.17, 15) is 9.59 Å². The van der Waals surface area contributed by atoms with Crippen molar-refractivity contribution in [3.05, 3.63) is 59.1 Å². The predicted molar refractivity (Wildman–Crippen MR) is 113 cm³/mol. The Bertz CT molecular complexity index is 898. The first kappa shape index (κ1) is 19.9. The van der Waals surface area contributed by atoms with Gasteiger partial charge in [-0.3, -0.25) is 14.5 Å². The van der Waals surface area contributed by atoms with Crippen LogP contribution in [0.15, 0.2) is 48.5 Å². The topological polar surface area (TPSA) is 61.9 Å². The quantitative estimate of drug-likeness (QED) is 0.817. The molecule has 2 aliphatic heterocycles. The second-order valence-electron chi connectivity index (χ2n) is 7.42. The maximum atomic E-state index is 12.9. The Kier molecular flexibility index (Phi) is 6.13. The molecule has 152 valence electrons. The summed E-state index contributed by atoms with van der Waals surface area (Å²) >= 11 is 6.05. The number of nitrogens with zero attached hydrogens (tertiary/aromatic N) is 2. The summed E-state index contributed by atoms with van der Waals surface area (Å²) in [5.74, 6) is -0.579. The molecule has 1 atom stereocenters. The van der Waals surface area contributed by atoms with Crippen molar-refractivity contribution in [3.8, 4) is 0 Å². The smallest absolute Gasteiger partial charge is 0.229 e. The van der Waals surface area contributed by atoms with Gasteiger partial charge in [0, 0.05) is 49.0 Å². The van der Waals surface area contributed by atoms with Crippen molar-refractivity contribution in [3.63, 3.8) is 0 Å². The summed E-state index contributed by atoms with van der Waals surface area (Å²) < 4.78 is 5.41. The molecule has 2 aliphatic rings. The molecule has 0 aromatic heterocycles. The van der Waals surface area contributed by atoms with E-state index in [-0.39, 0.29) is 18.2 Å². The van der Waals surface area contributed by atoms with E-state index in [1.54, 1.807) is 23.1 Å². The molecule has 0 bridgehead atoms. The molecule has 1 N–H and O–H groups in total. The molecular formula is C22H24ClN3O3. The van der Waals surface area contributed by atoms with E-state index in [0.717, 1.165) is 49.8 Å². The zero-order valence-corrected chi connectivity index (χ0v) is 16.9. The molecule has 2 fully saturated rings. The van der Waals surface area contributed by atoms with Gasteiger partial charge in [-0.15, -0.1) is 0 Å². The van der Waals surface area contributed by atoms with Crippen LogP contribution in [0, 0.1) is 5.92 Å². The second-order valence-corrected chi connectivity index (χ2v) is 7.86. The first-order valence-corrected chi connectivity index (χ1v) is 10.2. The Morgan fingerprint density at radius 1 is 1.14 bits per heavy atom. The Balaban J connectivity index is 1.43. The second kappa shape index (κ2) is 8.95. The number of rotatable bonds is 5. The first-order valence-electron chi connectivity index (χ1n) is 9.85. The van der Waals surface area contributed by atoms with E-state index >= 15 is 0 Å². The zero-order chi connectivity index (χ0) is 20.2. The number of hydrogen-bond acceptors (Lipinski definition) is 4. The summed E-state index contributed by atoms with van der Waals surface area (Å²) in [4.78, 5) is 29.3. The standard InChI is InChI=1S/C22H24ClN3O3/c23-18-5-3-6-19(13-18)26-15-17(12-21(26)27)22(28)24-20-7-2-1-4-16(20)14-25-8-10-29-11-9-25/h1-7,13,17H,8-12,14-15H2,(H,24,28). The number of hydrogen-bond donors (Lipinski definition) is 1. The molecule has 6 nitrogen and oxygen atoms in total. The average Bonchev–Trinajstić information content (AvgIpc) is 3.12. The van der Waals surface area contributed by atoms with Crippen molar-refractivity contribution in [1.29, 1.82) is 0 Å². The van der Waals surface area contributed by atoms with Crippen LogP contribution in [0.1, 0.15) is 12.0 Å². The Morgan fingerprint density at radius 3 is 2.72 bits per heavy atom. The highest BCUT2D eigenvalue weighted by atomic mass is 35.5. The lowest BCUT2D eigenvalue weighted by Crippen LogP contribution is -2.36. The van der Waals surface area contributed by atoms with E-state index in [0.29, 0.717) is 11.6 Å². The van der Waals surface area contributed by atoms with Crippen LogP contribution in [-0.2, 0) is 20.9 Å². The number of carbonyl (C=O) groups is 2. The van der Waals surface area contributed by atoms with Gasteiger partial charge in [-0.05, 0) is 29.8 Å². The minimum atomic E-state index is -0.391.